The van der Waals surface area contributed by atoms with Crippen LogP contribution in [0.1, 0.15) is 18.4 Å². The number of hydrogen-bond donors (Lipinski definition) is 1. The molecule has 0 aromatic heterocycles. The van der Waals surface area contributed by atoms with Crippen molar-refractivity contribution in [3.05, 3.63) is 33.3 Å². The van der Waals surface area contributed by atoms with Gasteiger partial charge in [0.25, 0.3) is 0 Å². The largest absolute Gasteiger partial charge is 0.217 e. The van der Waals surface area contributed by atoms with Crippen LogP contribution in [0.15, 0.2) is 22.7 Å². The fourth-order valence-electron chi connectivity index (χ4n) is 1.54. The van der Waals surface area contributed by atoms with E-state index in [9.17, 15) is 8.42 Å². The van der Waals surface area contributed by atoms with E-state index in [2.05, 4.69) is 20.7 Å². The van der Waals surface area contributed by atoms with Gasteiger partial charge in [0, 0.05) is 9.50 Å². The van der Waals surface area contributed by atoms with Crippen molar-refractivity contribution < 1.29 is 8.42 Å². The molecule has 0 unspecified atom stereocenters. The number of halogens is 2. The molecule has 1 aromatic carbocycles. The summed E-state index contributed by atoms with van der Waals surface area (Å²) in [5, 5.41) is 9.41. The topological polar surface area (TPSA) is 70.0 Å². The van der Waals surface area contributed by atoms with Crippen LogP contribution in [-0.4, -0.2) is 14.0 Å². The van der Waals surface area contributed by atoms with Gasteiger partial charge < -0.3 is 0 Å². The molecule has 0 radical (unpaired) electrons. The van der Waals surface area contributed by atoms with E-state index >= 15 is 0 Å². The first-order chi connectivity index (χ1) is 8.36. The number of nitrogens with zero attached hydrogens (tertiary/aromatic N) is 1. The maximum Gasteiger partial charge on any atom is 0.217 e. The first-order valence-electron chi connectivity index (χ1n) is 5.23. The molecule has 0 spiro atoms. The lowest BCUT2D eigenvalue weighted by atomic mass is 10.2. The summed E-state index contributed by atoms with van der Waals surface area (Å²) in [4.78, 5) is 0. The van der Waals surface area contributed by atoms with E-state index in [0.29, 0.717) is 27.9 Å². The average molecular weight is 350 g/mol. The second-order valence-corrected chi connectivity index (χ2v) is 7.30. The fourth-order valence-corrected chi connectivity index (χ4v) is 4.13. The summed E-state index contributed by atoms with van der Waals surface area (Å²) in [6.45, 7) is 0. The van der Waals surface area contributed by atoms with Gasteiger partial charge in [0.05, 0.1) is 11.8 Å². The summed E-state index contributed by atoms with van der Waals surface area (Å²) in [5.74, 6) is -0.172. The monoisotopic (exact) mass is 348 g/mol. The Bertz CT molecular complexity index is 620. The number of nitrogens with one attached hydrogen (secondary N) is 1. The van der Waals surface area contributed by atoms with E-state index in [0.717, 1.165) is 0 Å². The molecule has 0 saturated heterocycles. The van der Waals surface area contributed by atoms with Crippen molar-refractivity contribution in [3.8, 4) is 6.07 Å². The molecule has 1 N–H and O–H groups in total. The minimum Gasteiger partial charge on any atom is -0.212 e. The Morgan fingerprint density at radius 2 is 2.17 bits per heavy atom. The van der Waals surface area contributed by atoms with Crippen molar-refractivity contribution in [2.24, 2.45) is 0 Å². The van der Waals surface area contributed by atoms with Crippen LogP contribution in [0.25, 0.3) is 0 Å². The summed E-state index contributed by atoms with van der Waals surface area (Å²) in [7, 11) is -3.52. The van der Waals surface area contributed by atoms with Crippen LogP contribution in [0.3, 0.4) is 0 Å². The third-order valence-corrected chi connectivity index (χ3v) is 5.04. The van der Waals surface area contributed by atoms with Crippen molar-refractivity contribution >= 4 is 37.6 Å². The van der Waals surface area contributed by atoms with Crippen LogP contribution < -0.4 is 4.72 Å². The highest BCUT2D eigenvalue weighted by Gasteiger charge is 2.46. The SMILES string of the molecule is N#CC1(NS(=O)(=O)Cc2ccc(Cl)cc2Br)CC1. The van der Waals surface area contributed by atoms with Gasteiger partial charge in [-0.2, -0.15) is 9.98 Å². The van der Waals surface area contributed by atoms with Gasteiger partial charge in [-0.3, -0.25) is 0 Å². The molecule has 1 aliphatic carbocycles. The minimum atomic E-state index is -3.52. The molecule has 0 heterocycles. The Balaban J connectivity index is 2.16. The maximum atomic E-state index is 11.9. The Morgan fingerprint density at radius 3 is 2.67 bits per heavy atom. The quantitative estimate of drug-likeness (QED) is 0.908. The molecule has 2 rings (SSSR count). The number of hydrogen-bond acceptors (Lipinski definition) is 3. The molecule has 1 aliphatic rings. The average Bonchev–Trinajstić information content (AvgIpc) is 3.02. The van der Waals surface area contributed by atoms with Crippen LogP contribution in [0.2, 0.25) is 5.02 Å². The normalized spacial score (nSPS) is 17.2. The zero-order chi connectivity index (χ0) is 13.4. The van der Waals surface area contributed by atoms with Crippen LogP contribution >= 0.6 is 27.5 Å². The van der Waals surface area contributed by atoms with Crippen LogP contribution in [0, 0.1) is 11.3 Å². The molecule has 4 nitrogen and oxygen atoms in total. The zero-order valence-electron chi connectivity index (χ0n) is 9.28. The third-order valence-electron chi connectivity index (χ3n) is 2.68. The molecule has 0 bridgehead atoms. The third kappa shape index (κ3) is 3.23. The predicted octanol–water partition coefficient (Wildman–Crippen LogP) is 2.58. The molecule has 0 amide bonds. The van der Waals surface area contributed by atoms with E-state index in [1.54, 1.807) is 18.2 Å². The highest BCUT2D eigenvalue weighted by molar-refractivity contribution is 9.10. The van der Waals surface area contributed by atoms with Gasteiger partial charge in [-0.05, 0) is 30.5 Å². The van der Waals surface area contributed by atoms with Crippen molar-refractivity contribution in [3.63, 3.8) is 0 Å². The molecule has 1 saturated carbocycles. The second kappa shape index (κ2) is 4.82. The van der Waals surface area contributed by atoms with Crippen LogP contribution in [0.4, 0.5) is 0 Å². The van der Waals surface area contributed by atoms with Crippen molar-refractivity contribution in [1.29, 1.82) is 5.26 Å². The summed E-state index contributed by atoms with van der Waals surface area (Å²) in [5.41, 5.74) is -0.266. The minimum absolute atomic E-state index is 0.172. The lowest BCUT2D eigenvalue weighted by molar-refractivity contribution is 0.570. The van der Waals surface area contributed by atoms with Crippen molar-refractivity contribution in [2.75, 3.05) is 0 Å². The lowest BCUT2D eigenvalue weighted by Crippen LogP contribution is -2.36. The fraction of sp³-hybridized carbons (Fsp3) is 0.364. The number of nitriles is 1. The lowest BCUT2D eigenvalue weighted by Gasteiger charge is -2.11. The highest BCUT2D eigenvalue weighted by atomic mass is 79.9. The smallest absolute Gasteiger partial charge is 0.212 e. The molecule has 96 valence electrons. The summed E-state index contributed by atoms with van der Waals surface area (Å²) in [6.07, 6.45) is 1.15. The van der Waals surface area contributed by atoms with E-state index in [1.165, 1.54) is 0 Å². The Kier molecular flexibility index (Phi) is 3.70. The summed E-state index contributed by atoms with van der Waals surface area (Å²) >= 11 is 9.06. The predicted molar refractivity (Wildman–Crippen MR) is 72.5 cm³/mol. The first kappa shape index (κ1) is 13.8. The highest BCUT2D eigenvalue weighted by Crippen LogP contribution is 2.35. The van der Waals surface area contributed by atoms with E-state index in [-0.39, 0.29) is 5.75 Å². The van der Waals surface area contributed by atoms with E-state index < -0.39 is 15.6 Å². The molecule has 1 aromatic rings. The molecule has 0 atom stereocenters. The molecular formula is C11H10BrClN2O2S. The second-order valence-electron chi connectivity index (χ2n) is 4.29. The van der Waals surface area contributed by atoms with Crippen LogP contribution in [0.5, 0.6) is 0 Å². The van der Waals surface area contributed by atoms with Crippen LogP contribution in [-0.2, 0) is 15.8 Å². The van der Waals surface area contributed by atoms with Gasteiger partial charge >= 0.3 is 0 Å². The molecule has 18 heavy (non-hydrogen) atoms. The van der Waals surface area contributed by atoms with Gasteiger partial charge in [0.1, 0.15) is 5.54 Å². The van der Waals surface area contributed by atoms with Gasteiger partial charge in [-0.15, -0.1) is 0 Å². The molecule has 1 fully saturated rings. The Labute approximate surface area is 119 Å². The van der Waals surface area contributed by atoms with Gasteiger partial charge in [-0.25, -0.2) is 8.42 Å². The van der Waals surface area contributed by atoms with Crippen molar-refractivity contribution in [2.45, 2.75) is 24.1 Å². The van der Waals surface area contributed by atoms with E-state index in [4.69, 9.17) is 16.9 Å². The summed E-state index contributed by atoms with van der Waals surface area (Å²) < 4.78 is 27.0. The standard InChI is InChI=1S/C11H10BrClN2O2S/c12-10-5-9(13)2-1-8(10)6-18(16,17)15-11(7-14)3-4-11/h1-2,5,15H,3-4,6H2. The number of rotatable bonds is 4. The maximum absolute atomic E-state index is 11.9. The Hall–Kier alpha value is -0.610. The number of sulfonamides is 1. The molecule has 0 aliphatic heterocycles. The molecule has 7 heteroatoms. The van der Waals surface area contributed by atoms with Gasteiger partial charge in [0.2, 0.25) is 10.0 Å². The van der Waals surface area contributed by atoms with Gasteiger partial charge in [-0.1, -0.05) is 33.6 Å². The van der Waals surface area contributed by atoms with Gasteiger partial charge in [0.15, 0.2) is 0 Å². The zero-order valence-corrected chi connectivity index (χ0v) is 12.4. The number of benzene rings is 1. The Morgan fingerprint density at radius 1 is 1.50 bits per heavy atom. The van der Waals surface area contributed by atoms with E-state index in [1.807, 2.05) is 6.07 Å². The first-order valence-corrected chi connectivity index (χ1v) is 8.05. The molecular weight excluding hydrogens is 340 g/mol. The summed E-state index contributed by atoms with van der Waals surface area (Å²) in [6, 6.07) is 6.92. The van der Waals surface area contributed by atoms with Crippen molar-refractivity contribution in [1.82, 2.24) is 4.72 Å².